The second kappa shape index (κ2) is 6.74. The first-order chi connectivity index (χ1) is 13.1. The van der Waals surface area contributed by atoms with E-state index >= 15 is 0 Å². The first-order valence-electron chi connectivity index (χ1n) is 8.31. The van der Waals surface area contributed by atoms with Gasteiger partial charge >= 0.3 is 11.9 Å². The molecular weight excluding hydrogens is 412 g/mol. The van der Waals surface area contributed by atoms with Gasteiger partial charge in [0.05, 0.1) is 7.11 Å². The lowest BCUT2D eigenvalue weighted by molar-refractivity contribution is -0.147. The number of aliphatic imine (C=N–C) groups is 1. The molecule has 2 aliphatic heterocycles. The molecule has 2 aliphatic rings. The van der Waals surface area contributed by atoms with Crippen LogP contribution in [0.1, 0.15) is 17.0 Å². The number of hydrogen-bond acceptors (Lipinski definition) is 6. The lowest BCUT2D eigenvalue weighted by atomic mass is 9.67. The Kier molecular flexibility index (Phi) is 4.39. The van der Waals surface area contributed by atoms with E-state index in [1.54, 1.807) is 0 Å². The van der Waals surface area contributed by atoms with Gasteiger partial charge in [-0.2, -0.15) is 0 Å². The second-order valence-electron chi connectivity index (χ2n) is 6.33. The lowest BCUT2D eigenvalue weighted by Gasteiger charge is -2.29. The molecule has 0 aliphatic carbocycles. The predicted molar refractivity (Wildman–Crippen MR) is 103 cm³/mol. The van der Waals surface area contributed by atoms with Gasteiger partial charge in [0, 0.05) is 22.2 Å². The zero-order valence-corrected chi connectivity index (χ0v) is 15.9. The molecule has 1 spiro atoms. The van der Waals surface area contributed by atoms with Crippen LogP contribution in [0.5, 0.6) is 0 Å². The molecule has 0 radical (unpaired) electrons. The van der Waals surface area contributed by atoms with Crippen LogP contribution in [0.2, 0.25) is 0 Å². The number of nitrogens with zero attached hydrogens (tertiary/aromatic N) is 2. The van der Waals surface area contributed by atoms with Gasteiger partial charge in [-0.3, -0.25) is 4.99 Å². The molecule has 2 aromatic carbocycles. The Labute approximate surface area is 164 Å². The molecule has 0 bridgehead atoms. The Bertz CT molecular complexity index is 956. The molecule has 0 saturated heterocycles. The fourth-order valence-electron chi connectivity index (χ4n) is 3.66. The van der Waals surface area contributed by atoms with Gasteiger partial charge in [-0.25, -0.2) is 9.59 Å². The predicted octanol–water partition coefficient (Wildman–Crippen LogP) is 3.11. The minimum atomic E-state index is -1.28. The van der Waals surface area contributed by atoms with Crippen molar-refractivity contribution in [2.75, 3.05) is 7.11 Å². The minimum absolute atomic E-state index is 0.441. The number of esters is 1. The molecule has 136 valence electrons. The highest BCUT2D eigenvalue weighted by Gasteiger charge is 2.62. The van der Waals surface area contributed by atoms with Crippen LogP contribution in [0.4, 0.5) is 0 Å². The van der Waals surface area contributed by atoms with Crippen molar-refractivity contribution in [1.29, 1.82) is 0 Å². The van der Waals surface area contributed by atoms with E-state index < -0.39 is 29.3 Å². The summed E-state index contributed by atoms with van der Waals surface area (Å²) in [6, 6.07) is 15.8. The second-order valence-corrected chi connectivity index (χ2v) is 7.24. The van der Waals surface area contributed by atoms with E-state index in [0.717, 1.165) is 15.6 Å². The smallest absolute Gasteiger partial charge is 0.353 e. The van der Waals surface area contributed by atoms with Crippen molar-refractivity contribution >= 4 is 39.8 Å². The van der Waals surface area contributed by atoms with Crippen LogP contribution in [0.25, 0.3) is 0 Å². The Morgan fingerprint density at radius 1 is 1.15 bits per heavy atom. The van der Waals surface area contributed by atoms with Crippen molar-refractivity contribution in [3.05, 3.63) is 70.2 Å². The largest absolute Gasteiger partial charge is 0.467 e. The molecule has 0 fully saturated rings. The molecule has 4 rings (SSSR count). The molecule has 0 N–H and O–H groups in total. The number of methoxy groups -OCH3 is 1. The van der Waals surface area contributed by atoms with Crippen LogP contribution in [0.3, 0.4) is 0 Å². The van der Waals surface area contributed by atoms with Crippen LogP contribution in [-0.2, 0) is 19.2 Å². The van der Waals surface area contributed by atoms with Crippen LogP contribution < -0.4 is 0 Å². The first-order valence-corrected chi connectivity index (χ1v) is 9.10. The fourth-order valence-corrected chi connectivity index (χ4v) is 3.92. The normalized spacial score (nSPS) is 26.1. The Morgan fingerprint density at radius 3 is 2.52 bits per heavy atom. The SMILES string of the molecule is COC(=O)[C@@H]1N=C[C@@]2(C(=O)ON=C2c2ccccc2)[C@H]1c1ccc(Br)cc1. The number of carbonyl (C=O) groups is 2. The molecule has 6 nitrogen and oxygen atoms in total. The number of hydrogen-bond donors (Lipinski definition) is 0. The van der Waals surface area contributed by atoms with Crippen LogP contribution >= 0.6 is 15.9 Å². The fraction of sp³-hybridized carbons (Fsp3) is 0.200. The van der Waals surface area contributed by atoms with E-state index in [4.69, 9.17) is 9.57 Å². The number of benzene rings is 2. The van der Waals surface area contributed by atoms with Crippen molar-refractivity contribution in [2.45, 2.75) is 12.0 Å². The third kappa shape index (κ3) is 2.70. The number of carbonyl (C=O) groups excluding carboxylic acids is 2. The summed E-state index contributed by atoms with van der Waals surface area (Å²) in [5.74, 6) is -1.68. The van der Waals surface area contributed by atoms with E-state index in [0.29, 0.717) is 5.71 Å². The van der Waals surface area contributed by atoms with Gasteiger partial charge in [0.1, 0.15) is 5.71 Å². The summed E-state index contributed by atoms with van der Waals surface area (Å²) in [5.41, 5.74) is 0.667. The zero-order valence-electron chi connectivity index (χ0n) is 14.3. The highest BCUT2D eigenvalue weighted by Crippen LogP contribution is 2.49. The van der Waals surface area contributed by atoms with E-state index in [1.165, 1.54) is 13.3 Å². The van der Waals surface area contributed by atoms with Gasteiger partial charge in [0.25, 0.3) is 0 Å². The molecular formula is C20H15BrN2O4. The molecule has 2 heterocycles. The van der Waals surface area contributed by atoms with E-state index in [9.17, 15) is 9.59 Å². The highest BCUT2D eigenvalue weighted by molar-refractivity contribution is 9.10. The van der Waals surface area contributed by atoms with Gasteiger partial charge in [-0.15, -0.1) is 0 Å². The topological polar surface area (TPSA) is 77.3 Å². The molecule has 27 heavy (non-hydrogen) atoms. The van der Waals surface area contributed by atoms with Gasteiger partial charge in [0.2, 0.25) is 0 Å². The third-order valence-corrected chi connectivity index (χ3v) is 5.44. The Morgan fingerprint density at radius 2 is 1.85 bits per heavy atom. The molecule has 0 aromatic heterocycles. The standard InChI is InChI=1S/C20H15BrN2O4/c1-26-18(24)16-15(12-7-9-14(21)10-8-12)20(11-22-16)17(23-27-19(20)25)13-5-3-2-4-6-13/h2-11,15-16H,1H3/t15-,16+,20+/m0/s1. The monoisotopic (exact) mass is 426 g/mol. The van der Waals surface area contributed by atoms with E-state index in [2.05, 4.69) is 26.1 Å². The van der Waals surface area contributed by atoms with Crippen LogP contribution in [0, 0.1) is 5.41 Å². The maximum Gasteiger partial charge on any atom is 0.353 e. The average Bonchev–Trinajstić information content (AvgIpc) is 3.25. The number of rotatable bonds is 3. The maximum absolute atomic E-state index is 12.9. The Balaban J connectivity index is 1.89. The average molecular weight is 427 g/mol. The number of ether oxygens (including phenoxy) is 1. The van der Waals surface area contributed by atoms with Crippen molar-refractivity contribution in [2.24, 2.45) is 15.6 Å². The summed E-state index contributed by atoms with van der Waals surface area (Å²) < 4.78 is 5.82. The van der Waals surface area contributed by atoms with Gasteiger partial charge in [-0.1, -0.05) is 63.6 Å². The quantitative estimate of drug-likeness (QED) is 0.557. The lowest BCUT2D eigenvalue weighted by Crippen LogP contribution is -2.44. The summed E-state index contributed by atoms with van der Waals surface area (Å²) in [5, 5.41) is 4.05. The molecule has 2 aromatic rings. The molecule has 3 atom stereocenters. The van der Waals surface area contributed by atoms with E-state index in [-0.39, 0.29) is 0 Å². The number of halogens is 1. The minimum Gasteiger partial charge on any atom is -0.467 e. The zero-order chi connectivity index (χ0) is 19.0. The summed E-state index contributed by atoms with van der Waals surface area (Å²) in [4.78, 5) is 34.8. The summed E-state index contributed by atoms with van der Waals surface area (Å²) >= 11 is 3.41. The summed E-state index contributed by atoms with van der Waals surface area (Å²) in [6.45, 7) is 0. The molecule has 0 unspecified atom stereocenters. The maximum atomic E-state index is 12.9. The molecule has 7 heteroatoms. The molecule has 0 saturated carbocycles. The highest BCUT2D eigenvalue weighted by atomic mass is 79.9. The van der Waals surface area contributed by atoms with Gasteiger partial charge in [-0.05, 0) is 17.7 Å². The van der Waals surface area contributed by atoms with Crippen LogP contribution in [-0.4, -0.2) is 37.0 Å². The van der Waals surface area contributed by atoms with Crippen molar-refractivity contribution in [3.8, 4) is 0 Å². The summed E-state index contributed by atoms with van der Waals surface area (Å²) in [6.07, 6.45) is 1.49. The van der Waals surface area contributed by atoms with Gasteiger partial charge < -0.3 is 9.57 Å². The molecule has 0 amide bonds. The van der Waals surface area contributed by atoms with Crippen molar-refractivity contribution in [1.82, 2.24) is 0 Å². The summed E-state index contributed by atoms with van der Waals surface area (Å²) in [7, 11) is 1.31. The van der Waals surface area contributed by atoms with Gasteiger partial charge in [0.15, 0.2) is 11.5 Å². The van der Waals surface area contributed by atoms with Crippen molar-refractivity contribution < 1.29 is 19.2 Å². The third-order valence-electron chi connectivity index (χ3n) is 4.91. The van der Waals surface area contributed by atoms with Crippen LogP contribution in [0.15, 0.2) is 69.2 Å². The van der Waals surface area contributed by atoms with Crippen molar-refractivity contribution in [3.63, 3.8) is 0 Å². The first kappa shape index (κ1) is 17.6. The number of oxime groups is 1. The van der Waals surface area contributed by atoms with E-state index in [1.807, 2.05) is 54.6 Å². The Hall–Kier alpha value is -2.80.